The van der Waals surface area contributed by atoms with Gasteiger partial charge in [0.05, 0.1) is 36.4 Å². The molecule has 4 amide bonds. The van der Waals surface area contributed by atoms with E-state index in [-0.39, 0.29) is 41.4 Å². The molecule has 68 heavy (non-hydrogen) atoms. The lowest BCUT2D eigenvalue weighted by molar-refractivity contribution is -0.136. The second kappa shape index (κ2) is 18.7. The molecule has 2 aromatic carbocycles. The fourth-order valence-electron chi connectivity index (χ4n) is 11.3. The van der Waals surface area contributed by atoms with Gasteiger partial charge >= 0.3 is 5.69 Å². The monoisotopic (exact) mass is 934 g/mol. The van der Waals surface area contributed by atoms with E-state index in [1.807, 2.05) is 34.1 Å². The normalized spacial score (nSPS) is 19.8. The molecule has 3 saturated heterocycles. The molecule has 0 bridgehead atoms. The third kappa shape index (κ3) is 8.62. The summed E-state index contributed by atoms with van der Waals surface area (Å²) in [4.78, 5) is 74.8. The Morgan fingerprint density at radius 3 is 2.40 bits per heavy atom. The summed E-state index contributed by atoms with van der Waals surface area (Å²) >= 11 is 0. The Kier molecular flexibility index (Phi) is 12.5. The number of carbonyl (C=O) groups is 4. The number of carbonyl (C=O) groups excluding carboxylic acids is 4. The third-order valence-corrected chi connectivity index (χ3v) is 15.0. The first-order valence-electron chi connectivity index (χ1n) is 24.1. The van der Waals surface area contributed by atoms with Crippen LogP contribution in [0.5, 0.6) is 0 Å². The highest BCUT2D eigenvalue weighted by molar-refractivity contribution is 6.00. The lowest BCUT2D eigenvalue weighted by atomic mass is 9.92. The van der Waals surface area contributed by atoms with Crippen molar-refractivity contribution >= 4 is 46.2 Å². The number of piperidine rings is 2. The van der Waals surface area contributed by atoms with Crippen molar-refractivity contribution < 1.29 is 28.0 Å². The van der Waals surface area contributed by atoms with E-state index < -0.39 is 18.4 Å². The molecule has 17 nitrogen and oxygen atoms in total. The number of nitrogens with zero attached hydrogens (tertiary/aromatic N) is 11. The molecule has 360 valence electrons. The van der Waals surface area contributed by atoms with Crippen molar-refractivity contribution in [3.63, 3.8) is 0 Å². The molecular weight excluding hydrogens is 875 g/mol. The molecule has 5 aliphatic heterocycles. The van der Waals surface area contributed by atoms with Gasteiger partial charge < -0.3 is 19.6 Å². The number of rotatable bonds is 11. The molecular formula is C49H60F2N12O5. The summed E-state index contributed by atoms with van der Waals surface area (Å²) in [6.07, 6.45) is 6.57. The number of imidazole rings is 1. The largest absolute Gasteiger partial charge is 0.341 e. The van der Waals surface area contributed by atoms with Gasteiger partial charge in [-0.1, -0.05) is 12.1 Å². The van der Waals surface area contributed by atoms with Gasteiger partial charge in [-0.25, -0.2) is 13.6 Å². The zero-order valence-corrected chi connectivity index (χ0v) is 39.1. The Morgan fingerprint density at radius 1 is 0.897 bits per heavy atom. The highest BCUT2D eigenvalue weighted by atomic mass is 19.3. The van der Waals surface area contributed by atoms with Gasteiger partial charge in [-0.3, -0.25) is 47.9 Å². The number of hydrogen-bond acceptors (Lipinski definition) is 10. The zero-order chi connectivity index (χ0) is 47.4. The van der Waals surface area contributed by atoms with Gasteiger partial charge in [0.2, 0.25) is 23.6 Å². The summed E-state index contributed by atoms with van der Waals surface area (Å²) in [5.41, 5.74) is 7.17. The number of para-hydroxylation sites is 1. The Bertz CT molecular complexity index is 2830. The van der Waals surface area contributed by atoms with Gasteiger partial charge in [0, 0.05) is 120 Å². The number of aromatic nitrogens is 6. The Labute approximate surface area is 393 Å². The van der Waals surface area contributed by atoms with Crippen molar-refractivity contribution in [2.45, 2.75) is 89.8 Å². The topological polar surface area (TPSA) is 159 Å². The van der Waals surface area contributed by atoms with Crippen molar-refractivity contribution in [2.24, 2.45) is 14.1 Å². The Balaban J connectivity index is 0.756. The molecule has 0 radical (unpaired) electrons. The smallest absolute Gasteiger partial charge is 0.329 e. The number of anilines is 2. The first-order valence-corrected chi connectivity index (χ1v) is 24.1. The van der Waals surface area contributed by atoms with E-state index in [9.17, 15) is 32.8 Å². The summed E-state index contributed by atoms with van der Waals surface area (Å²) in [6.45, 7) is 8.98. The Morgan fingerprint density at radius 2 is 1.68 bits per heavy atom. The van der Waals surface area contributed by atoms with E-state index in [0.29, 0.717) is 68.8 Å². The van der Waals surface area contributed by atoms with E-state index in [1.165, 1.54) is 4.57 Å². The van der Waals surface area contributed by atoms with Crippen LogP contribution in [0.1, 0.15) is 91.9 Å². The fraction of sp³-hybridized carbons (Fsp3) is 0.531. The lowest BCUT2D eigenvalue weighted by Crippen LogP contribution is -2.51. The van der Waals surface area contributed by atoms with Gasteiger partial charge in [0.15, 0.2) is 5.82 Å². The average Bonchev–Trinajstić information content (AvgIpc) is 4.02. The first kappa shape index (κ1) is 45.6. The molecule has 3 fully saturated rings. The molecule has 5 aliphatic rings. The van der Waals surface area contributed by atoms with Gasteiger partial charge in [-0.15, -0.1) is 0 Å². The van der Waals surface area contributed by atoms with Gasteiger partial charge in [0.1, 0.15) is 6.04 Å². The SMILES string of the molecule is CC(=O)N1CCc2c(c(N3CCCc4cc(-c5cnn(C)c5)c(C(F)F)cc43)nn2C2CCN(C(=O)CN3CCN(CCCc4cccc5c4n(C)c(=O)n5C4CCC(=O)NC4=O)CC3)CC2)C1. The number of piperazine rings is 1. The minimum absolute atomic E-state index is 0.00998. The molecule has 8 heterocycles. The summed E-state index contributed by atoms with van der Waals surface area (Å²) in [5.74, 6) is 0.0927. The minimum Gasteiger partial charge on any atom is -0.341 e. The molecule has 19 heteroatoms. The van der Waals surface area contributed by atoms with Gasteiger partial charge in [-0.2, -0.15) is 10.2 Å². The van der Waals surface area contributed by atoms with Crippen LogP contribution in [0.4, 0.5) is 20.3 Å². The second-order valence-corrected chi connectivity index (χ2v) is 19.2. The quantitative estimate of drug-likeness (QED) is 0.190. The van der Waals surface area contributed by atoms with Crippen LogP contribution >= 0.6 is 0 Å². The molecule has 1 N–H and O–H groups in total. The molecule has 3 aromatic heterocycles. The van der Waals surface area contributed by atoms with Crippen LogP contribution in [0.15, 0.2) is 47.5 Å². The van der Waals surface area contributed by atoms with E-state index in [2.05, 4.69) is 29.8 Å². The fourth-order valence-corrected chi connectivity index (χ4v) is 11.3. The van der Waals surface area contributed by atoms with Crippen LogP contribution in [0, 0.1) is 0 Å². The summed E-state index contributed by atoms with van der Waals surface area (Å²) < 4.78 is 36.4. The maximum Gasteiger partial charge on any atom is 0.329 e. The van der Waals surface area contributed by atoms with E-state index in [0.717, 1.165) is 111 Å². The van der Waals surface area contributed by atoms with Crippen molar-refractivity contribution in [3.8, 4) is 11.1 Å². The van der Waals surface area contributed by atoms with Crippen LogP contribution in [-0.2, 0) is 59.1 Å². The molecule has 0 spiro atoms. The number of hydrogen-bond donors (Lipinski definition) is 1. The number of alkyl halides is 2. The highest BCUT2D eigenvalue weighted by Crippen LogP contribution is 2.44. The van der Waals surface area contributed by atoms with E-state index in [1.54, 1.807) is 48.7 Å². The van der Waals surface area contributed by atoms with Crippen molar-refractivity contribution in [2.75, 3.05) is 70.3 Å². The number of imide groups is 1. The lowest BCUT2D eigenvalue weighted by Gasteiger charge is -2.37. The average molecular weight is 935 g/mol. The predicted octanol–water partition coefficient (Wildman–Crippen LogP) is 4.26. The standard InChI is InChI=1S/C49H60F2N12O5/c1-31(64)60-20-15-39-38(29-60)47(61-17-6-9-33-25-36(34-27-52-55(2)28-34)37(46(50)51)26-42(33)61)54-63(39)35-13-18-59(19-14-35)44(66)30-58-23-21-57(22-24-58)16-5-8-32-7-4-10-40-45(32)56(3)49(68)62(40)41-11-12-43(65)53-48(41)67/h4,7,10,25-28,35,41,46H,5-6,8-9,11-24,29-30H2,1-3H3,(H,53,65,67). The predicted molar refractivity (Wildman–Crippen MR) is 251 cm³/mol. The van der Waals surface area contributed by atoms with Gasteiger partial charge in [0.25, 0.3) is 6.43 Å². The first-order chi connectivity index (χ1) is 32.8. The van der Waals surface area contributed by atoms with E-state index >= 15 is 0 Å². The van der Waals surface area contributed by atoms with Crippen LogP contribution in [0.25, 0.3) is 22.2 Å². The van der Waals surface area contributed by atoms with Crippen molar-refractivity contribution in [3.05, 3.63) is 81.2 Å². The number of fused-ring (bicyclic) bond motifs is 3. The summed E-state index contributed by atoms with van der Waals surface area (Å²) in [5, 5.41) is 11.9. The zero-order valence-electron chi connectivity index (χ0n) is 39.1. The second-order valence-electron chi connectivity index (χ2n) is 19.2. The van der Waals surface area contributed by atoms with E-state index in [4.69, 9.17) is 5.10 Å². The van der Waals surface area contributed by atoms with Crippen molar-refractivity contribution in [1.29, 1.82) is 0 Å². The molecule has 1 atom stereocenters. The van der Waals surface area contributed by atoms with Crippen molar-refractivity contribution in [1.82, 2.24) is 53.6 Å². The number of aryl methyl sites for hydroxylation is 4. The van der Waals surface area contributed by atoms with Crippen LogP contribution in [-0.4, -0.2) is 137 Å². The summed E-state index contributed by atoms with van der Waals surface area (Å²) in [7, 11) is 3.51. The van der Waals surface area contributed by atoms with Crippen LogP contribution in [0.3, 0.4) is 0 Å². The Hall–Kier alpha value is -6.21. The molecule has 5 aromatic rings. The number of benzene rings is 2. The third-order valence-electron chi connectivity index (χ3n) is 15.0. The highest BCUT2D eigenvalue weighted by Gasteiger charge is 2.36. The van der Waals surface area contributed by atoms with Crippen LogP contribution < -0.4 is 15.9 Å². The summed E-state index contributed by atoms with van der Waals surface area (Å²) in [6, 6.07) is 8.69. The number of likely N-dealkylation sites (tertiary alicyclic amines) is 1. The number of amides is 4. The molecule has 0 saturated carbocycles. The number of nitrogens with one attached hydrogen (secondary N) is 1. The number of halogens is 2. The molecule has 0 aliphatic carbocycles. The van der Waals surface area contributed by atoms with Crippen LogP contribution in [0.2, 0.25) is 0 Å². The maximum atomic E-state index is 14.8. The molecule has 1 unspecified atom stereocenters. The maximum absolute atomic E-state index is 14.8. The molecule has 10 rings (SSSR count). The van der Waals surface area contributed by atoms with Gasteiger partial charge in [-0.05, 0) is 86.4 Å². The minimum atomic E-state index is -2.68.